The molecule has 2 aromatic heterocycles. The minimum Gasteiger partial charge on any atom is -0.494 e. The molecular formula is C22H15N5O2. The zero-order chi connectivity index (χ0) is 19.8. The number of carbonyl (C=O) groups is 1. The number of hydrogen-bond donors (Lipinski definition) is 3. The lowest BCUT2D eigenvalue weighted by Gasteiger charge is -2.07. The van der Waals surface area contributed by atoms with Gasteiger partial charge in [-0.2, -0.15) is 0 Å². The minimum absolute atomic E-state index is 0.0271. The number of H-pyrrole nitrogens is 1. The smallest absolute Gasteiger partial charge is 0.255 e. The highest BCUT2D eigenvalue weighted by atomic mass is 16.3. The molecule has 140 valence electrons. The Kier molecular flexibility index (Phi) is 3.91. The lowest BCUT2D eigenvalue weighted by molar-refractivity contribution is 0.102. The second-order valence-corrected chi connectivity index (χ2v) is 6.57. The first kappa shape index (κ1) is 16.9. The van der Waals surface area contributed by atoms with E-state index in [1.54, 1.807) is 30.6 Å². The van der Waals surface area contributed by atoms with Crippen LogP contribution in [0.1, 0.15) is 15.9 Å². The third kappa shape index (κ3) is 3.04. The molecule has 7 nitrogen and oxygen atoms in total. The predicted octanol–water partition coefficient (Wildman–Crippen LogP) is 2.64. The summed E-state index contributed by atoms with van der Waals surface area (Å²) in [6, 6.07) is 14.5. The van der Waals surface area contributed by atoms with Gasteiger partial charge in [-0.05, 0) is 47.7 Å². The lowest BCUT2D eigenvalue weighted by atomic mass is 10.1. The molecule has 1 amide bonds. The first-order valence-corrected chi connectivity index (χ1v) is 8.96. The van der Waals surface area contributed by atoms with Crippen molar-refractivity contribution in [3.05, 3.63) is 82.6 Å². The van der Waals surface area contributed by atoms with Gasteiger partial charge in [0.25, 0.3) is 5.91 Å². The quantitative estimate of drug-likeness (QED) is 0.508. The number of benzene rings is 2. The zero-order valence-corrected chi connectivity index (χ0v) is 15.1. The van der Waals surface area contributed by atoms with Crippen LogP contribution in [0, 0.1) is 0 Å². The number of anilines is 1. The number of nitrogens with one attached hydrogen (secondary N) is 2. The number of aromatic amines is 1. The van der Waals surface area contributed by atoms with E-state index in [0.29, 0.717) is 16.8 Å². The molecule has 2 aromatic carbocycles. The number of rotatable bonds is 3. The number of pyridine rings is 1. The standard InChI is InChI=1S/C22H15N5O2/c28-21(14-6-8-23-9-7-14)26-17-2-1-3-18-20(17)15(22(29)27-18)10-13-4-5-16-19(11-13)25-12-24-16/h1-12,27,29H,(H,26,28)/b13-10+. The van der Waals surface area contributed by atoms with Gasteiger partial charge < -0.3 is 15.4 Å². The highest BCUT2D eigenvalue weighted by Gasteiger charge is 2.15. The maximum Gasteiger partial charge on any atom is 0.255 e. The van der Waals surface area contributed by atoms with Crippen molar-refractivity contribution >= 4 is 40.6 Å². The maximum absolute atomic E-state index is 12.6. The van der Waals surface area contributed by atoms with Gasteiger partial charge in [-0.3, -0.25) is 9.78 Å². The third-order valence-electron chi connectivity index (χ3n) is 4.74. The summed E-state index contributed by atoms with van der Waals surface area (Å²) in [5.74, 6) is -0.223. The van der Waals surface area contributed by atoms with Crippen LogP contribution in [0.3, 0.4) is 0 Å². The van der Waals surface area contributed by atoms with E-state index in [4.69, 9.17) is 0 Å². The Morgan fingerprint density at radius 3 is 2.83 bits per heavy atom. The SMILES string of the molecule is O=C(Nc1cccc2[nH]c(O)c(/C=c3\ccc4c(c3)N=CN=4)c12)c1ccncc1. The van der Waals surface area contributed by atoms with Gasteiger partial charge in [0.15, 0.2) is 5.88 Å². The van der Waals surface area contributed by atoms with Gasteiger partial charge in [0.2, 0.25) is 0 Å². The molecule has 0 radical (unpaired) electrons. The highest BCUT2D eigenvalue weighted by Crippen LogP contribution is 2.33. The van der Waals surface area contributed by atoms with E-state index in [1.165, 1.54) is 6.34 Å². The van der Waals surface area contributed by atoms with Crippen molar-refractivity contribution in [2.75, 3.05) is 5.32 Å². The molecule has 4 aromatic rings. The summed E-state index contributed by atoms with van der Waals surface area (Å²) < 4.78 is 0. The van der Waals surface area contributed by atoms with E-state index >= 15 is 0 Å². The maximum atomic E-state index is 12.6. The molecule has 5 rings (SSSR count). The van der Waals surface area contributed by atoms with Crippen LogP contribution in [0.5, 0.6) is 5.88 Å². The van der Waals surface area contributed by atoms with E-state index in [-0.39, 0.29) is 11.8 Å². The van der Waals surface area contributed by atoms with E-state index in [9.17, 15) is 9.90 Å². The first-order valence-electron chi connectivity index (χ1n) is 8.96. The van der Waals surface area contributed by atoms with Crippen LogP contribution in [-0.4, -0.2) is 27.3 Å². The molecule has 29 heavy (non-hydrogen) atoms. The van der Waals surface area contributed by atoms with Crippen LogP contribution in [0.2, 0.25) is 0 Å². The fourth-order valence-electron chi connectivity index (χ4n) is 3.37. The average Bonchev–Trinajstić information content (AvgIpc) is 3.33. The molecule has 0 fully saturated rings. The normalized spacial score (nSPS) is 12.8. The highest BCUT2D eigenvalue weighted by molar-refractivity contribution is 6.11. The summed E-state index contributed by atoms with van der Waals surface area (Å²) in [4.78, 5) is 27.9. The van der Waals surface area contributed by atoms with Crippen molar-refractivity contribution in [1.82, 2.24) is 9.97 Å². The molecule has 0 unspecified atom stereocenters. The minimum atomic E-state index is -0.250. The Morgan fingerprint density at radius 2 is 1.97 bits per heavy atom. The molecule has 1 aliphatic heterocycles. The van der Waals surface area contributed by atoms with Gasteiger partial charge in [-0.15, -0.1) is 0 Å². The second-order valence-electron chi connectivity index (χ2n) is 6.57. The Balaban J connectivity index is 1.62. The van der Waals surface area contributed by atoms with Crippen molar-refractivity contribution in [1.29, 1.82) is 0 Å². The van der Waals surface area contributed by atoms with Crippen LogP contribution in [0.25, 0.3) is 17.0 Å². The molecule has 3 heterocycles. The van der Waals surface area contributed by atoms with Crippen molar-refractivity contribution in [3.8, 4) is 5.88 Å². The second kappa shape index (κ2) is 6.72. The van der Waals surface area contributed by atoms with Gasteiger partial charge in [-0.25, -0.2) is 9.98 Å². The number of carbonyl (C=O) groups excluding carboxylic acids is 1. The van der Waals surface area contributed by atoms with Crippen LogP contribution in [0.15, 0.2) is 70.9 Å². The molecule has 0 aliphatic carbocycles. The Labute approximate surface area is 164 Å². The molecule has 0 spiro atoms. The number of amides is 1. The number of aromatic hydroxyl groups is 1. The number of fused-ring (bicyclic) bond motifs is 2. The molecule has 0 bridgehead atoms. The molecule has 0 saturated carbocycles. The molecular weight excluding hydrogens is 366 g/mol. The largest absolute Gasteiger partial charge is 0.494 e. The van der Waals surface area contributed by atoms with Gasteiger partial charge in [0.1, 0.15) is 6.34 Å². The molecule has 3 N–H and O–H groups in total. The number of aromatic nitrogens is 2. The van der Waals surface area contributed by atoms with Gasteiger partial charge in [0.05, 0.1) is 22.2 Å². The van der Waals surface area contributed by atoms with Crippen molar-refractivity contribution in [2.45, 2.75) is 0 Å². The molecule has 0 atom stereocenters. The zero-order valence-electron chi connectivity index (χ0n) is 15.1. The van der Waals surface area contributed by atoms with Crippen molar-refractivity contribution in [3.63, 3.8) is 0 Å². The fraction of sp³-hybridized carbons (Fsp3) is 0. The van der Waals surface area contributed by atoms with Crippen LogP contribution in [0.4, 0.5) is 11.4 Å². The van der Waals surface area contributed by atoms with E-state index in [2.05, 4.69) is 25.3 Å². The van der Waals surface area contributed by atoms with Gasteiger partial charge in [-0.1, -0.05) is 12.1 Å². The van der Waals surface area contributed by atoms with Crippen LogP contribution in [-0.2, 0) is 0 Å². The number of hydrogen-bond acceptors (Lipinski definition) is 5. The number of aliphatic imine (C=N–C) groups is 1. The predicted molar refractivity (Wildman–Crippen MR) is 111 cm³/mol. The summed E-state index contributed by atoms with van der Waals surface area (Å²) in [6.45, 7) is 0. The Morgan fingerprint density at radius 1 is 1.10 bits per heavy atom. The molecule has 1 aliphatic rings. The lowest BCUT2D eigenvalue weighted by Crippen LogP contribution is -2.12. The Bertz CT molecular complexity index is 1400. The Hall–Kier alpha value is -4.26. The summed E-state index contributed by atoms with van der Waals surface area (Å²) in [5, 5.41) is 15.8. The molecule has 7 heteroatoms. The van der Waals surface area contributed by atoms with Gasteiger partial charge >= 0.3 is 0 Å². The fourth-order valence-corrected chi connectivity index (χ4v) is 3.37. The monoisotopic (exact) mass is 381 g/mol. The average molecular weight is 381 g/mol. The summed E-state index contributed by atoms with van der Waals surface area (Å²) in [5.41, 5.74) is 3.19. The topological polar surface area (TPSA) is 103 Å². The van der Waals surface area contributed by atoms with Crippen molar-refractivity contribution in [2.24, 2.45) is 9.98 Å². The van der Waals surface area contributed by atoms with E-state index in [0.717, 1.165) is 27.2 Å². The van der Waals surface area contributed by atoms with E-state index in [1.807, 2.05) is 36.4 Å². The first-order chi connectivity index (χ1) is 14.2. The van der Waals surface area contributed by atoms with Crippen LogP contribution < -0.4 is 15.9 Å². The third-order valence-corrected chi connectivity index (χ3v) is 4.74. The summed E-state index contributed by atoms with van der Waals surface area (Å²) >= 11 is 0. The number of nitrogens with zero attached hydrogens (tertiary/aromatic N) is 3. The van der Waals surface area contributed by atoms with Crippen LogP contribution >= 0.6 is 0 Å². The summed E-state index contributed by atoms with van der Waals surface area (Å²) in [6.07, 6.45) is 6.51. The van der Waals surface area contributed by atoms with Crippen molar-refractivity contribution < 1.29 is 9.90 Å². The molecule has 0 saturated heterocycles. The van der Waals surface area contributed by atoms with E-state index < -0.39 is 0 Å². The van der Waals surface area contributed by atoms with Gasteiger partial charge in [0, 0.05) is 28.9 Å². The summed E-state index contributed by atoms with van der Waals surface area (Å²) in [7, 11) is 0.